The molecule has 0 atom stereocenters. The van der Waals surface area contributed by atoms with E-state index in [0.717, 1.165) is 33.6 Å². The summed E-state index contributed by atoms with van der Waals surface area (Å²) < 4.78 is 4.77. The number of thiophene rings is 1. The smallest absolute Gasteiger partial charge is 0.316 e. The number of esters is 1. The van der Waals surface area contributed by atoms with Gasteiger partial charge in [-0.15, -0.1) is 11.3 Å². The van der Waals surface area contributed by atoms with Gasteiger partial charge < -0.3 is 14.5 Å². The minimum Gasteiger partial charge on any atom is -0.468 e. The minimum atomic E-state index is -0.306. The number of carbonyl (C=O) groups excluding carboxylic acids is 2. The maximum Gasteiger partial charge on any atom is 0.316 e. The zero-order valence-electron chi connectivity index (χ0n) is 20.8. The number of ether oxygens (including phenoxy) is 1. The molecule has 7 nitrogen and oxygen atoms in total. The number of aromatic nitrogens is 2. The highest BCUT2D eigenvalue weighted by atomic mass is 32.2. The minimum absolute atomic E-state index is 0.0448. The van der Waals surface area contributed by atoms with Gasteiger partial charge in [-0.05, 0) is 35.7 Å². The molecule has 1 saturated heterocycles. The van der Waals surface area contributed by atoms with Crippen LogP contribution in [0, 0.1) is 0 Å². The number of thioether (sulfide) groups is 1. The molecule has 3 heterocycles. The Hall–Kier alpha value is -3.43. The summed E-state index contributed by atoms with van der Waals surface area (Å²) in [6.07, 6.45) is 0.926. The van der Waals surface area contributed by atoms with E-state index in [1.54, 1.807) is 11.3 Å². The van der Waals surface area contributed by atoms with E-state index in [0.29, 0.717) is 36.9 Å². The molecule has 4 aromatic rings. The molecule has 0 bridgehead atoms. The van der Waals surface area contributed by atoms with Crippen LogP contribution in [0.15, 0.2) is 65.8 Å². The summed E-state index contributed by atoms with van der Waals surface area (Å²) in [7, 11) is 1.38. The molecule has 1 fully saturated rings. The van der Waals surface area contributed by atoms with Gasteiger partial charge in [0.2, 0.25) is 0 Å². The lowest BCUT2D eigenvalue weighted by molar-refractivity contribution is -0.137. The Bertz CT molecular complexity index is 1420. The molecule has 2 aromatic carbocycles. The molecule has 190 valence electrons. The summed E-state index contributed by atoms with van der Waals surface area (Å²) in [5.74, 6) is 0.770. The molecule has 37 heavy (non-hydrogen) atoms. The fourth-order valence-electron chi connectivity index (χ4n) is 4.37. The standard InChI is InChI=1S/C28H28N4O3S2/c1-3-22-17-23-25(29-28(30-26(23)37-22)36-18-24(33)35-2)31-12-14-32(15-13-31)27(34)21-11-7-10-20(16-21)19-8-5-4-6-9-19/h4-11,16-17H,3,12-15,18H2,1-2H3. The lowest BCUT2D eigenvalue weighted by Crippen LogP contribution is -2.49. The van der Waals surface area contributed by atoms with Gasteiger partial charge in [0.05, 0.1) is 18.2 Å². The first-order valence-electron chi connectivity index (χ1n) is 12.3. The van der Waals surface area contributed by atoms with Crippen molar-refractivity contribution in [2.75, 3.05) is 43.9 Å². The first-order valence-corrected chi connectivity index (χ1v) is 14.1. The molecule has 0 spiro atoms. The predicted octanol–water partition coefficient (Wildman–Crippen LogP) is 5.15. The van der Waals surface area contributed by atoms with E-state index in [1.165, 1.54) is 23.7 Å². The third-order valence-corrected chi connectivity index (χ3v) is 8.38. The first kappa shape index (κ1) is 25.2. The molecule has 1 amide bonds. The number of aryl methyl sites for hydroxylation is 1. The van der Waals surface area contributed by atoms with Crippen molar-refractivity contribution >= 4 is 51.0 Å². The average molecular weight is 533 g/mol. The highest BCUT2D eigenvalue weighted by Crippen LogP contribution is 2.34. The molecule has 0 radical (unpaired) electrons. The van der Waals surface area contributed by atoms with E-state index in [-0.39, 0.29) is 17.6 Å². The van der Waals surface area contributed by atoms with Crippen LogP contribution in [-0.4, -0.2) is 65.8 Å². The van der Waals surface area contributed by atoms with E-state index in [2.05, 4.69) is 30.0 Å². The first-order chi connectivity index (χ1) is 18.1. The number of fused-ring (bicyclic) bond motifs is 1. The summed E-state index contributed by atoms with van der Waals surface area (Å²) in [5, 5.41) is 1.59. The SMILES string of the molecule is CCc1cc2c(N3CCN(C(=O)c4cccc(-c5ccccc5)c4)CC3)nc(SCC(=O)OC)nc2s1. The van der Waals surface area contributed by atoms with E-state index in [1.807, 2.05) is 47.4 Å². The van der Waals surface area contributed by atoms with Crippen molar-refractivity contribution in [2.45, 2.75) is 18.5 Å². The maximum atomic E-state index is 13.3. The third kappa shape index (κ3) is 5.62. The van der Waals surface area contributed by atoms with Crippen LogP contribution in [0.1, 0.15) is 22.2 Å². The van der Waals surface area contributed by atoms with Crippen molar-refractivity contribution < 1.29 is 14.3 Å². The molecule has 5 rings (SSSR count). The molecule has 1 aliphatic heterocycles. The second-order valence-electron chi connectivity index (χ2n) is 8.71. The molecule has 0 aliphatic carbocycles. The predicted molar refractivity (Wildman–Crippen MR) is 150 cm³/mol. The van der Waals surface area contributed by atoms with Crippen molar-refractivity contribution in [3.05, 3.63) is 71.1 Å². The van der Waals surface area contributed by atoms with Crippen LogP contribution in [0.4, 0.5) is 5.82 Å². The lowest BCUT2D eigenvalue weighted by atomic mass is 10.0. The van der Waals surface area contributed by atoms with Crippen molar-refractivity contribution in [1.29, 1.82) is 0 Å². The van der Waals surface area contributed by atoms with Gasteiger partial charge in [-0.1, -0.05) is 61.2 Å². The maximum absolute atomic E-state index is 13.3. The topological polar surface area (TPSA) is 75.6 Å². The van der Waals surface area contributed by atoms with Gasteiger partial charge in [0.1, 0.15) is 10.6 Å². The van der Waals surface area contributed by atoms with Gasteiger partial charge in [-0.2, -0.15) is 0 Å². The van der Waals surface area contributed by atoms with Crippen LogP contribution >= 0.6 is 23.1 Å². The molecule has 1 aliphatic rings. The quantitative estimate of drug-likeness (QED) is 0.185. The summed E-state index contributed by atoms with van der Waals surface area (Å²) in [5.41, 5.74) is 2.83. The Morgan fingerprint density at radius 3 is 2.46 bits per heavy atom. The van der Waals surface area contributed by atoms with Crippen LogP contribution in [-0.2, 0) is 16.0 Å². The molecule has 2 aromatic heterocycles. The number of piperazine rings is 1. The van der Waals surface area contributed by atoms with Gasteiger partial charge >= 0.3 is 5.97 Å². The van der Waals surface area contributed by atoms with E-state index in [9.17, 15) is 9.59 Å². The number of methoxy groups -OCH3 is 1. The van der Waals surface area contributed by atoms with Crippen molar-refractivity contribution in [3.63, 3.8) is 0 Å². The van der Waals surface area contributed by atoms with Crippen LogP contribution in [0.3, 0.4) is 0 Å². The molecular formula is C28H28N4O3S2. The van der Waals surface area contributed by atoms with Gasteiger partial charge in [0.15, 0.2) is 5.16 Å². The van der Waals surface area contributed by atoms with Crippen LogP contribution in [0.5, 0.6) is 0 Å². The highest BCUT2D eigenvalue weighted by Gasteiger charge is 2.25. The molecule has 0 N–H and O–H groups in total. The lowest BCUT2D eigenvalue weighted by Gasteiger charge is -2.35. The monoisotopic (exact) mass is 532 g/mol. The second kappa shape index (κ2) is 11.3. The summed E-state index contributed by atoms with van der Waals surface area (Å²) in [6.45, 7) is 4.69. The largest absolute Gasteiger partial charge is 0.468 e. The fraction of sp³-hybridized carbons (Fsp3) is 0.286. The van der Waals surface area contributed by atoms with E-state index >= 15 is 0 Å². The summed E-state index contributed by atoms with van der Waals surface area (Å²) in [6, 6.07) is 20.1. The number of amides is 1. The van der Waals surface area contributed by atoms with Crippen molar-refractivity contribution in [2.24, 2.45) is 0 Å². The number of nitrogens with zero attached hydrogens (tertiary/aromatic N) is 4. The van der Waals surface area contributed by atoms with E-state index < -0.39 is 0 Å². The summed E-state index contributed by atoms with van der Waals surface area (Å²) in [4.78, 5) is 40.8. The number of benzene rings is 2. The van der Waals surface area contributed by atoms with E-state index in [4.69, 9.17) is 14.7 Å². The van der Waals surface area contributed by atoms with Crippen molar-refractivity contribution in [3.8, 4) is 11.1 Å². The number of carbonyl (C=O) groups is 2. The highest BCUT2D eigenvalue weighted by molar-refractivity contribution is 7.99. The van der Waals surface area contributed by atoms with Gasteiger partial charge in [0.25, 0.3) is 5.91 Å². The Labute approximate surface area is 224 Å². The Balaban J connectivity index is 1.33. The zero-order chi connectivity index (χ0) is 25.8. The molecule has 9 heteroatoms. The van der Waals surface area contributed by atoms with Crippen LogP contribution < -0.4 is 4.90 Å². The number of anilines is 1. The Morgan fingerprint density at radius 1 is 0.973 bits per heavy atom. The normalized spacial score (nSPS) is 13.7. The molecule has 0 saturated carbocycles. The Kier molecular flexibility index (Phi) is 7.71. The van der Waals surface area contributed by atoms with Gasteiger partial charge in [-0.25, -0.2) is 9.97 Å². The number of hydrogen-bond donors (Lipinski definition) is 0. The zero-order valence-corrected chi connectivity index (χ0v) is 22.5. The van der Waals surface area contributed by atoms with Crippen molar-refractivity contribution in [1.82, 2.24) is 14.9 Å². The second-order valence-corrected chi connectivity index (χ2v) is 10.8. The third-order valence-electron chi connectivity index (χ3n) is 6.38. The number of hydrogen-bond acceptors (Lipinski definition) is 8. The fourth-order valence-corrected chi connectivity index (χ4v) is 6.06. The molecule has 0 unspecified atom stereocenters. The Morgan fingerprint density at radius 2 is 1.73 bits per heavy atom. The molecular weight excluding hydrogens is 504 g/mol. The van der Waals surface area contributed by atoms with Crippen LogP contribution in [0.25, 0.3) is 21.3 Å². The number of rotatable bonds is 7. The average Bonchev–Trinajstić information content (AvgIpc) is 3.39. The van der Waals surface area contributed by atoms with Crippen LogP contribution in [0.2, 0.25) is 0 Å². The summed E-state index contributed by atoms with van der Waals surface area (Å²) >= 11 is 2.94. The van der Waals surface area contributed by atoms with Gasteiger partial charge in [-0.3, -0.25) is 9.59 Å². The van der Waals surface area contributed by atoms with Gasteiger partial charge in [0, 0.05) is 36.6 Å².